The van der Waals surface area contributed by atoms with Crippen LogP contribution >= 0.6 is 0 Å². The Morgan fingerprint density at radius 2 is 1.86 bits per heavy atom. The number of carbonyl (C=O) groups excluding carboxylic acids is 1. The van der Waals surface area contributed by atoms with E-state index in [9.17, 15) is 4.79 Å². The van der Waals surface area contributed by atoms with Gasteiger partial charge in [-0.1, -0.05) is 18.2 Å². The highest BCUT2D eigenvalue weighted by Crippen LogP contribution is 2.31. The van der Waals surface area contributed by atoms with Crippen LogP contribution in [0.1, 0.15) is 16.7 Å². The summed E-state index contributed by atoms with van der Waals surface area (Å²) in [7, 11) is 1.57. The number of ether oxygens (including phenoxy) is 3. The fraction of sp³-hybridized carbons (Fsp3) is 0.217. The van der Waals surface area contributed by atoms with Crippen LogP contribution in [0.15, 0.2) is 60.9 Å². The highest BCUT2D eigenvalue weighted by molar-refractivity contribution is 5.92. The lowest BCUT2D eigenvalue weighted by Crippen LogP contribution is -2.20. The molecule has 150 valence electrons. The zero-order chi connectivity index (χ0) is 20.6. The molecule has 6 heteroatoms. The molecule has 1 amide bonds. The molecular formula is C23H24N2O4. The van der Waals surface area contributed by atoms with Gasteiger partial charge in [0.05, 0.1) is 7.11 Å². The normalized spacial score (nSPS) is 10.3. The second-order valence-electron chi connectivity index (χ2n) is 6.62. The summed E-state index contributed by atoms with van der Waals surface area (Å²) in [6.07, 6.45) is 3.45. The first-order valence-corrected chi connectivity index (χ1v) is 9.25. The van der Waals surface area contributed by atoms with Crippen LogP contribution in [0.3, 0.4) is 0 Å². The molecule has 0 atom stereocenters. The Morgan fingerprint density at radius 3 is 2.62 bits per heavy atom. The lowest BCUT2D eigenvalue weighted by Gasteiger charge is -2.14. The van der Waals surface area contributed by atoms with Gasteiger partial charge in [0.15, 0.2) is 18.1 Å². The average molecular weight is 392 g/mol. The van der Waals surface area contributed by atoms with E-state index in [1.165, 1.54) is 0 Å². The summed E-state index contributed by atoms with van der Waals surface area (Å²) in [5.74, 6) is 1.56. The molecule has 0 spiro atoms. The van der Waals surface area contributed by atoms with E-state index in [0.29, 0.717) is 29.5 Å². The second kappa shape index (κ2) is 9.59. The Hall–Kier alpha value is -3.54. The molecule has 0 aliphatic heterocycles. The minimum atomic E-state index is -0.255. The summed E-state index contributed by atoms with van der Waals surface area (Å²) in [6, 6.07) is 14.9. The Labute approximate surface area is 170 Å². The maximum Gasteiger partial charge on any atom is 0.262 e. The topological polar surface area (TPSA) is 69.7 Å². The minimum absolute atomic E-state index is 0.0812. The van der Waals surface area contributed by atoms with Gasteiger partial charge in [0.1, 0.15) is 12.4 Å². The molecule has 2 aromatic carbocycles. The molecule has 0 fully saturated rings. The van der Waals surface area contributed by atoms with E-state index < -0.39 is 0 Å². The number of nitrogens with zero attached hydrogens (tertiary/aromatic N) is 1. The number of anilines is 1. The van der Waals surface area contributed by atoms with E-state index in [0.717, 1.165) is 16.7 Å². The molecule has 0 unspecified atom stereocenters. The van der Waals surface area contributed by atoms with Crippen LogP contribution in [-0.2, 0) is 11.4 Å². The van der Waals surface area contributed by atoms with Crippen LogP contribution in [0.2, 0.25) is 0 Å². The number of hydrogen-bond donors (Lipinski definition) is 1. The van der Waals surface area contributed by atoms with Gasteiger partial charge in [0, 0.05) is 29.7 Å². The molecule has 0 aliphatic rings. The summed E-state index contributed by atoms with van der Waals surface area (Å²) in [4.78, 5) is 16.4. The van der Waals surface area contributed by atoms with Crippen LogP contribution in [0.4, 0.5) is 5.69 Å². The van der Waals surface area contributed by atoms with Crippen molar-refractivity contribution in [3.8, 4) is 17.2 Å². The Kier molecular flexibility index (Phi) is 6.68. The SMILES string of the molecule is COc1ccc(NC(=O)COc2cc(C)ccc2C)cc1OCc1cccnc1. The van der Waals surface area contributed by atoms with Gasteiger partial charge in [0.25, 0.3) is 5.91 Å². The van der Waals surface area contributed by atoms with Crippen molar-refractivity contribution in [3.05, 3.63) is 77.6 Å². The van der Waals surface area contributed by atoms with E-state index >= 15 is 0 Å². The Balaban J connectivity index is 1.62. The third kappa shape index (κ3) is 5.72. The van der Waals surface area contributed by atoms with Crippen molar-refractivity contribution >= 4 is 11.6 Å². The lowest BCUT2D eigenvalue weighted by atomic mass is 10.1. The van der Waals surface area contributed by atoms with Crippen molar-refractivity contribution in [2.24, 2.45) is 0 Å². The molecule has 0 radical (unpaired) electrons. The average Bonchev–Trinajstić information content (AvgIpc) is 2.74. The number of benzene rings is 2. The number of amides is 1. The number of methoxy groups -OCH3 is 1. The van der Waals surface area contributed by atoms with Gasteiger partial charge >= 0.3 is 0 Å². The number of nitrogens with one attached hydrogen (secondary N) is 1. The third-order valence-electron chi connectivity index (χ3n) is 4.27. The predicted molar refractivity (Wildman–Crippen MR) is 112 cm³/mol. The van der Waals surface area contributed by atoms with Crippen molar-refractivity contribution in [3.63, 3.8) is 0 Å². The van der Waals surface area contributed by atoms with E-state index in [1.54, 1.807) is 37.7 Å². The van der Waals surface area contributed by atoms with Gasteiger partial charge in [-0.25, -0.2) is 0 Å². The molecule has 0 bridgehead atoms. The van der Waals surface area contributed by atoms with Gasteiger partial charge in [-0.05, 0) is 49.2 Å². The standard InChI is InChI=1S/C23H24N2O4/c1-16-6-7-17(2)21(11-16)29-15-23(26)25-19-8-9-20(27-3)22(12-19)28-14-18-5-4-10-24-13-18/h4-13H,14-15H2,1-3H3,(H,25,26). The van der Waals surface area contributed by atoms with Crippen molar-refractivity contribution in [2.75, 3.05) is 19.0 Å². The van der Waals surface area contributed by atoms with Gasteiger partial charge in [0.2, 0.25) is 0 Å². The van der Waals surface area contributed by atoms with E-state index in [-0.39, 0.29) is 12.5 Å². The molecule has 0 aliphatic carbocycles. The predicted octanol–water partition coefficient (Wildman–Crippen LogP) is 4.30. The second-order valence-corrected chi connectivity index (χ2v) is 6.62. The molecule has 1 aromatic heterocycles. The Bertz CT molecular complexity index is 974. The maximum absolute atomic E-state index is 12.3. The molecule has 3 aromatic rings. The third-order valence-corrected chi connectivity index (χ3v) is 4.27. The zero-order valence-corrected chi connectivity index (χ0v) is 16.8. The first-order chi connectivity index (χ1) is 14.0. The molecule has 29 heavy (non-hydrogen) atoms. The summed E-state index contributed by atoms with van der Waals surface area (Å²) in [5.41, 5.74) is 3.60. The molecule has 1 N–H and O–H groups in total. The molecular weight excluding hydrogens is 368 g/mol. The van der Waals surface area contributed by atoms with Crippen molar-refractivity contribution in [1.82, 2.24) is 4.98 Å². The van der Waals surface area contributed by atoms with Crippen molar-refractivity contribution in [1.29, 1.82) is 0 Å². The first-order valence-electron chi connectivity index (χ1n) is 9.25. The summed E-state index contributed by atoms with van der Waals surface area (Å²) in [5, 5.41) is 2.82. The summed E-state index contributed by atoms with van der Waals surface area (Å²) < 4.78 is 16.8. The molecule has 0 saturated heterocycles. The van der Waals surface area contributed by atoms with Gasteiger partial charge in [-0.3, -0.25) is 9.78 Å². The van der Waals surface area contributed by atoms with Gasteiger partial charge in [-0.2, -0.15) is 0 Å². The van der Waals surface area contributed by atoms with Crippen LogP contribution < -0.4 is 19.5 Å². The monoisotopic (exact) mass is 392 g/mol. The molecule has 6 nitrogen and oxygen atoms in total. The van der Waals surface area contributed by atoms with E-state index in [4.69, 9.17) is 14.2 Å². The van der Waals surface area contributed by atoms with Crippen LogP contribution in [0.5, 0.6) is 17.2 Å². The number of rotatable bonds is 8. The zero-order valence-electron chi connectivity index (χ0n) is 16.8. The number of hydrogen-bond acceptors (Lipinski definition) is 5. The largest absolute Gasteiger partial charge is 0.493 e. The quantitative estimate of drug-likeness (QED) is 0.619. The highest BCUT2D eigenvalue weighted by atomic mass is 16.5. The maximum atomic E-state index is 12.3. The fourth-order valence-electron chi connectivity index (χ4n) is 2.72. The van der Waals surface area contributed by atoms with Crippen LogP contribution in [0.25, 0.3) is 0 Å². The Morgan fingerprint density at radius 1 is 1.00 bits per heavy atom. The minimum Gasteiger partial charge on any atom is -0.493 e. The van der Waals surface area contributed by atoms with Crippen LogP contribution in [0, 0.1) is 13.8 Å². The van der Waals surface area contributed by atoms with E-state index in [2.05, 4.69) is 10.3 Å². The molecule has 1 heterocycles. The number of aromatic nitrogens is 1. The van der Waals surface area contributed by atoms with Crippen molar-refractivity contribution < 1.29 is 19.0 Å². The molecule has 3 rings (SSSR count). The smallest absolute Gasteiger partial charge is 0.262 e. The summed E-state index contributed by atoms with van der Waals surface area (Å²) >= 11 is 0. The van der Waals surface area contributed by atoms with Crippen LogP contribution in [-0.4, -0.2) is 24.6 Å². The highest BCUT2D eigenvalue weighted by Gasteiger charge is 2.10. The van der Waals surface area contributed by atoms with E-state index in [1.807, 2.05) is 44.2 Å². The van der Waals surface area contributed by atoms with Gasteiger partial charge in [-0.15, -0.1) is 0 Å². The lowest BCUT2D eigenvalue weighted by molar-refractivity contribution is -0.118. The summed E-state index contributed by atoms with van der Waals surface area (Å²) in [6.45, 7) is 4.19. The van der Waals surface area contributed by atoms with Gasteiger partial charge < -0.3 is 19.5 Å². The number of aryl methyl sites for hydroxylation is 2. The molecule has 0 saturated carbocycles. The number of carbonyl (C=O) groups is 1. The number of pyridine rings is 1. The van der Waals surface area contributed by atoms with Crippen molar-refractivity contribution in [2.45, 2.75) is 20.5 Å². The first kappa shape index (κ1) is 20.2. The fourth-order valence-corrected chi connectivity index (χ4v) is 2.72.